The predicted molar refractivity (Wildman–Crippen MR) is 85.6 cm³/mol. The van der Waals surface area contributed by atoms with E-state index in [1.807, 2.05) is 13.0 Å². The summed E-state index contributed by atoms with van der Waals surface area (Å²) in [5, 5.41) is 3.31. The quantitative estimate of drug-likeness (QED) is 0.761. The van der Waals surface area contributed by atoms with Crippen LogP contribution < -0.4 is 5.32 Å². The summed E-state index contributed by atoms with van der Waals surface area (Å²) in [6.45, 7) is 9.97. The van der Waals surface area contributed by atoms with Crippen LogP contribution in [0.2, 0.25) is 0 Å². The van der Waals surface area contributed by atoms with Crippen molar-refractivity contribution in [1.29, 1.82) is 0 Å². The molecule has 0 atom stereocenters. The molecule has 0 aliphatic heterocycles. The van der Waals surface area contributed by atoms with Crippen molar-refractivity contribution in [2.24, 2.45) is 0 Å². The van der Waals surface area contributed by atoms with Crippen LogP contribution in [0.1, 0.15) is 45.4 Å². The molecular weight excluding hydrogens is 292 g/mol. The summed E-state index contributed by atoms with van der Waals surface area (Å²) < 4.78 is 27.1. The zero-order valence-corrected chi connectivity index (χ0v) is 14.5. The van der Waals surface area contributed by atoms with E-state index in [-0.39, 0.29) is 0 Å². The fraction of sp³-hybridized carbons (Fsp3) is 0.714. The number of nitrogens with one attached hydrogen (secondary N) is 1. The Morgan fingerprint density at radius 2 is 2.00 bits per heavy atom. The first-order valence-corrected chi connectivity index (χ1v) is 9.49. The first-order chi connectivity index (χ1) is 9.41. The Morgan fingerprint density at radius 1 is 1.30 bits per heavy atom. The first kappa shape index (κ1) is 17.6. The fourth-order valence-corrected chi connectivity index (χ4v) is 4.76. The maximum Gasteiger partial charge on any atom is 0.252 e. The third kappa shape index (κ3) is 4.84. The maximum absolute atomic E-state index is 12.5. The van der Waals surface area contributed by atoms with Crippen LogP contribution in [0.4, 0.5) is 0 Å². The Kier molecular flexibility index (Phi) is 7.15. The van der Waals surface area contributed by atoms with Gasteiger partial charge in [-0.1, -0.05) is 34.1 Å². The number of nitrogens with zero attached hydrogens (tertiary/aromatic N) is 1. The molecule has 20 heavy (non-hydrogen) atoms. The number of hydrogen-bond donors (Lipinski definition) is 1. The van der Waals surface area contributed by atoms with Crippen LogP contribution in [0.3, 0.4) is 0 Å². The van der Waals surface area contributed by atoms with Crippen LogP contribution in [-0.2, 0) is 16.6 Å². The molecule has 6 heteroatoms. The molecule has 0 fully saturated rings. The summed E-state index contributed by atoms with van der Waals surface area (Å²) in [4.78, 5) is 1.06. The summed E-state index contributed by atoms with van der Waals surface area (Å²) in [6.07, 6.45) is 1.90. The van der Waals surface area contributed by atoms with Crippen LogP contribution >= 0.6 is 11.3 Å². The van der Waals surface area contributed by atoms with Crippen molar-refractivity contribution in [3.8, 4) is 0 Å². The second-order valence-corrected chi connectivity index (χ2v) is 8.44. The molecule has 4 nitrogen and oxygen atoms in total. The molecule has 0 saturated heterocycles. The highest BCUT2D eigenvalue weighted by atomic mass is 32.2. The smallest absolute Gasteiger partial charge is 0.252 e. The van der Waals surface area contributed by atoms with Crippen LogP contribution in [0, 0.1) is 0 Å². The zero-order chi connectivity index (χ0) is 15.2. The monoisotopic (exact) mass is 318 g/mol. The number of thiophene rings is 1. The lowest BCUT2D eigenvalue weighted by molar-refractivity contribution is 0.420. The second kappa shape index (κ2) is 8.12. The highest BCUT2D eigenvalue weighted by Crippen LogP contribution is 2.25. The van der Waals surface area contributed by atoms with E-state index in [1.54, 1.807) is 10.4 Å². The van der Waals surface area contributed by atoms with Gasteiger partial charge < -0.3 is 5.32 Å². The van der Waals surface area contributed by atoms with Gasteiger partial charge in [0.2, 0.25) is 0 Å². The number of rotatable bonds is 9. The van der Waals surface area contributed by atoms with Gasteiger partial charge in [0.15, 0.2) is 0 Å². The maximum atomic E-state index is 12.5. The van der Waals surface area contributed by atoms with Crippen LogP contribution in [-0.4, -0.2) is 31.9 Å². The third-order valence-corrected chi connectivity index (χ3v) is 6.56. The number of unbranched alkanes of at least 4 members (excludes halogenated alkanes) is 1. The Balaban J connectivity index is 2.81. The van der Waals surface area contributed by atoms with E-state index in [9.17, 15) is 8.42 Å². The summed E-state index contributed by atoms with van der Waals surface area (Å²) in [5.74, 6) is 0. The van der Waals surface area contributed by atoms with Gasteiger partial charge in [0.1, 0.15) is 4.21 Å². The van der Waals surface area contributed by atoms with Gasteiger partial charge in [-0.2, -0.15) is 4.31 Å². The summed E-state index contributed by atoms with van der Waals surface area (Å²) >= 11 is 1.37. The molecular formula is C14H26N2O2S2. The van der Waals surface area contributed by atoms with Crippen molar-refractivity contribution in [3.63, 3.8) is 0 Å². The lowest BCUT2D eigenvalue weighted by Crippen LogP contribution is -2.31. The minimum Gasteiger partial charge on any atom is -0.310 e. The van der Waals surface area contributed by atoms with E-state index in [0.29, 0.717) is 23.3 Å². The molecule has 0 radical (unpaired) electrons. The Morgan fingerprint density at radius 3 is 2.55 bits per heavy atom. The van der Waals surface area contributed by atoms with Crippen LogP contribution in [0.15, 0.2) is 16.3 Å². The SMILES string of the molecule is CCCCN(CC)S(=O)(=O)c1ccc(CNC(C)C)s1. The van der Waals surface area contributed by atoms with Crippen molar-refractivity contribution in [2.75, 3.05) is 13.1 Å². The third-order valence-electron chi connectivity index (χ3n) is 3.03. The first-order valence-electron chi connectivity index (χ1n) is 7.24. The van der Waals surface area contributed by atoms with Gasteiger partial charge in [-0.25, -0.2) is 8.42 Å². The Bertz CT molecular complexity index is 495. The molecule has 1 N–H and O–H groups in total. The molecule has 0 unspecified atom stereocenters. The molecule has 1 rings (SSSR count). The minimum absolute atomic E-state index is 0.397. The van der Waals surface area contributed by atoms with Crippen molar-refractivity contribution in [1.82, 2.24) is 9.62 Å². The molecule has 0 aliphatic rings. The van der Waals surface area contributed by atoms with Crippen molar-refractivity contribution >= 4 is 21.4 Å². The van der Waals surface area contributed by atoms with E-state index in [0.717, 1.165) is 24.3 Å². The molecule has 0 spiro atoms. The van der Waals surface area contributed by atoms with E-state index in [4.69, 9.17) is 0 Å². The van der Waals surface area contributed by atoms with E-state index in [2.05, 4.69) is 26.1 Å². The van der Waals surface area contributed by atoms with E-state index < -0.39 is 10.0 Å². The minimum atomic E-state index is -3.32. The summed E-state index contributed by atoms with van der Waals surface area (Å²) in [6, 6.07) is 4.03. The topological polar surface area (TPSA) is 49.4 Å². The Hall–Kier alpha value is -0.430. The standard InChI is InChI=1S/C14H26N2O2S2/c1-5-7-10-16(6-2)20(17,18)14-9-8-13(19-14)11-15-12(3)4/h8-9,12,15H,5-7,10-11H2,1-4H3. The molecule has 116 valence electrons. The highest BCUT2D eigenvalue weighted by Gasteiger charge is 2.24. The van der Waals surface area contributed by atoms with Crippen LogP contribution in [0.5, 0.6) is 0 Å². The fourth-order valence-electron chi connectivity index (χ4n) is 1.81. The Labute approximate surface area is 127 Å². The van der Waals surface area contributed by atoms with Gasteiger partial charge in [0, 0.05) is 30.6 Å². The van der Waals surface area contributed by atoms with Gasteiger partial charge in [0.05, 0.1) is 0 Å². The average Bonchev–Trinajstić information content (AvgIpc) is 2.86. The summed E-state index contributed by atoms with van der Waals surface area (Å²) in [7, 11) is -3.32. The normalized spacial score (nSPS) is 12.5. The molecule has 1 aromatic heterocycles. The average molecular weight is 319 g/mol. The number of hydrogen-bond acceptors (Lipinski definition) is 4. The predicted octanol–water partition coefficient (Wildman–Crippen LogP) is 3.06. The van der Waals surface area contributed by atoms with Gasteiger partial charge >= 0.3 is 0 Å². The number of sulfonamides is 1. The molecule has 1 aromatic rings. The van der Waals surface area contributed by atoms with E-state index in [1.165, 1.54) is 11.3 Å². The molecule has 1 heterocycles. The molecule has 0 aromatic carbocycles. The van der Waals surface area contributed by atoms with Crippen LogP contribution in [0.25, 0.3) is 0 Å². The van der Waals surface area contributed by atoms with Crippen molar-refractivity contribution in [2.45, 2.75) is 57.3 Å². The van der Waals surface area contributed by atoms with Gasteiger partial charge in [-0.05, 0) is 18.6 Å². The molecule has 0 aliphatic carbocycles. The molecule has 0 saturated carbocycles. The second-order valence-electron chi connectivity index (χ2n) is 5.11. The highest BCUT2D eigenvalue weighted by molar-refractivity contribution is 7.91. The largest absolute Gasteiger partial charge is 0.310 e. The van der Waals surface area contributed by atoms with Crippen molar-refractivity contribution < 1.29 is 8.42 Å². The lowest BCUT2D eigenvalue weighted by atomic mass is 10.3. The zero-order valence-electron chi connectivity index (χ0n) is 12.8. The van der Waals surface area contributed by atoms with Gasteiger partial charge in [0.25, 0.3) is 10.0 Å². The van der Waals surface area contributed by atoms with Gasteiger partial charge in [-0.3, -0.25) is 0 Å². The lowest BCUT2D eigenvalue weighted by Gasteiger charge is -2.19. The molecule has 0 amide bonds. The van der Waals surface area contributed by atoms with E-state index >= 15 is 0 Å². The molecule has 0 bridgehead atoms. The van der Waals surface area contributed by atoms with Crippen molar-refractivity contribution in [3.05, 3.63) is 17.0 Å². The van der Waals surface area contributed by atoms with Gasteiger partial charge in [-0.15, -0.1) is 11.3 Å². The summed E-state index contributed by atoms with van der Waals surface area (Å²) in [5.41, 5.74) is 0.